The predicted octanol–water partition coefficient (Wildman–Crippen LogP) is 0.0668. The zero-order valence-corrected chi connectivity index (χ0v) is 8.46. The largest absolute Gasteiger partial charge is 0.316 e. The van der Waals surface area contributed by atoms with Gasteiger partial charge < -0.3 is 0 Å². The van der Waals surface area contributed by atoms with Crippen LogP contribution in [0.4, 0.5) is 8.78 Å². The average Bonchev–Trinajstić information content (AvgIpc) is 2.60. The molecule has 0 bridgehead atoms. The van der Waals surface area contributed by atoms with E-state index in [4.69, 9.17) is 0 Å². The summed E-state index contributed by atoms with van der Waals surface area (Å²) >= 11 is 0. The maximum atomic E-state index is 13.2. The molecule has 0 aromatic heterocycles. The molecule has 1 aromatic carbocycles. The van der Waals surface area contributed by atoms with E-state index in [9.17, 15) is 18.4 Å². The van der Waals surface area contributed by atoms with E-state index in [-0.39, 0.29) is 18.1 Å². The summed E-state index contributed by atoms with van der Waals surface area (Å²) in [6, 6.07) is 2.97. The zero-order chi connectivity index (χ0) is 12.4. The number of nitrogens with one attached hydrogen (secondary N) is 2. The lowest BCUT2D eigenvalue weighted by Crippen LogP contribution is -2.25. The zero-order valence-electron chi connectivity index (χ0n) is 8.46. The number of guanidine groups is 1. The predicted molar refractivity (Wildman–Crippen MR) is 53.8 cm³/mol. The normalized spacial score (nSPS) is 14.6. The van der Waals surface area contributed by atoms with E-state index in [1.165, 1.54) is 0 Å². The Hall–Kier alpha value is -2.31. The number of carbonyl (C=O) groups excluding carboxylic acids is 2. The van der Waals surface area contributed by atoms with Gasteiger partial charge in [0.05, 0.1) is 6.54 Å². The van der Waals surface area contributed by atoms with Gasteiger partial charge in [-0.3, -0.25) is 20.2 Å². The lowest BCUT2D eigenvalue weighted by Gasteiger charge is -2.00. The Morgan fingerprint density at radius 3 is 2.41 bits per heavy atom. The minimum Gasteiger partial charge on any atom is -0.288 e. The van der Waals surface area contributed by atoms with Crippen molar-refractivity contribution in [3.05, 3.63) is 35.4 Å². The van der Waals surface area contributed by atoms with Gasteiger partial charge in [0.2, 0.25) is 5.96 Å². The van der Waals surface area contributed by atoms with Gasteiger partial charge in [0.1, 0.15) is 11.6 Å². The van der Waals surface area contributed by atoms with Crippen LogP contribution in [0.1, 0.15) is 5.56 Å². The fourth-order valence-electron chi connectivity index (χ4n) is 1.27. The number of amides is 2. The summed E-state index contributed by atoms with van der Waals surface area (Å²) in [6.45, 7) is -0.181. The first kappa shape index (κ1) is 11.2. The molecule has 17 heavy (non-hydrogen) atoms. The molecule has 0 aliphatic carbocycles. The molecule has 2 amide bonds. The van der Waals surface area contributed by atoms with Crippen molar-refractivity contribution in [2.75, 3.05) is 0 Å². The van der Waals surface area contributed by atoms with E-state index < -0.39 is 23.4 Å². The van der Waals surface area contributed by atoms with Crippen molar-refractivity contribution in [1.29, 1.82) is 0 Å². The third kappa shape index (κ3) is 2.44. The highest BCUT2D eigenvalue weighted by Crippen LogP contribution is 2.10. The molecule has 1 aliphatic heterocycles. The number of hydrogen-bond acceptors (Lipinski definition) is 3. The van der Waals surface area contributed by atoms with E-state index in [2.05, 4.69) is 15.6 Å². The lowest BCUT2D eigenvalue weighted by atomic mass is 10.2. The van der Waals surface area contributed by atoms with Crippen LogP contribution in [0.5, 0.6) is 0 Å². The molecule has 88 valence electrons. The van der Waals surface area contributed by atoms with Crippen LogP contribution in [-0.2, 0) is 16.1 Å². The van der Waals surface area contributed by atoms with Gasteiger partial charge in [-0.2, -0.15) is 0 Å². The van der Waals surface area contributed by atoms with E-state index in [1.807, 2.05) is 0 Å². The molecule has 1 aromatic rings. The van der Waals surface area contributed by atoms with Crippen LogP contribution in [-0.4, -0.2) is 17.8 Å². The number of carbonyl (C=O) groups is 2. The molecular weight excluding hydrogens is 232 g/mol. The van der Waals surface area contributed by atoms with Crippen LogP contribution >= 0.6 is 0 Å². The third-order valence-corrected chi connectivity index (χ3v) is 2.09. The highest BCUT2D eigenvalue weighted by atomic mass is 19.1. The van der Waals surface area contributed by atoms with Crippen molar-refractivity contribution in [2.45, 2.75) is 6.54 Å². The second-order valence-electron chi connectivity index (χ2n) is 3.31. The molecule has 0 atom stereocenters. The molecule has 1 saturated heterocycles. The van der Waals surface area contributed by atoms with Crippen LogP contribution in [0, 0.1) is 11.6 Å². The summed E-state index contributed by atoms with van der Waals surface area (Å²) in [5, 5.41) is 4.28. The lowest BCUT2D eigenvalue weighted by molar-refractivity contribution is -0.135. The Labute approximate surface area is 94.5 Å². The number of halogens is 2. The van der Waals surface area contributed by atoms with Gasteiger partial charge in [-0.1, -0.05) is 0 Å². The molecule has 0 unspecified atom stereocenters. The van der Waals surface area contributed by atoms with Crippen molar-refractivity contribution >= 4 is 17.8 Å². The quantitative estimate of drug-likeness (QED) is 0.717. The van der Waals surface area contributed by atoms with Crippen molar-refractivity contribution in [1.82, 2.24) is 10.6 Å². The minimum absolute atomic E-state index is 0.0351. The monoisotopic (exact) mass is 239 g/mol. The Morgan fingerprint density at radius 2 is 1.76 bits per heavy atom. The molecule has 1 heterocycles. The molecule has 0 radical (unpaired) electrons. The summed E-state index contributed by atoms with van der Waals surface area (Å²) in [5.41, 5.74) is 0.0351. The Balaban J connectivity index is 2.12. The van der Waals surface area contributed by atoms with Crippen LogP contribution in [0.2, 0.25) is 0 Å². The van der Waals surface area contributed by atoms with Crippen molar-refractivity contribution < 1.29 is 18.4 Å². The van der Waals surface area contributed by atoms with Gasteiger partial charge in [-0.15, -0.1) is 0 Å². The molecule has 2 rings (SSSR count). The highest BCUT2D eigenvalue weighted by molar-refractivity contribution is 6.45. The van der Waals surface area contributed by atoms with Gasteiger partial charge >= 0.3 is 11.8 Å². The van der Waals surface area contributed by atoms with E-state index in [0.29, 0.717) is 0 Å². The van der Waals surface area contributed by atoms with Crippen molar-refractivity contribution in [3.8, 4) is 0 Å². The van der Waals surface area contributed by atoms with Gasteiger partial charge in [0.25, 0.3) is 0 Å². The molecule has 0 saturated carbocycles. The number of hydrogen-bond donors (Lipinski definition) is 2. The van der Waals surface area contributed by atoms with Gasteiger partial charge in [-0.25, -0.2) is 13.8 Å². The van der Waals surface area contributed by atoms with Gasteiger partial charge in [-0.05, 0) is 18.2 Å². The van der Waals surface area contributed by atoms with Crippen molar-refractivity contribution in [3.63, 3.8) is 0 Å². The number of nitrogens with zero attached hydrogens (tertiary/aromatic N) is 1. The fourth-order valence-corrected chi connectivity index (χ4v) is 1.27. The summed E-state index contributed by atoms with van der Waals surface area (Å²) in [7, 11) is 0. The Kier molecular flexibility index (Phi) is 2.82. The van der Waals surface area contributed by atoms with E-state index in [0.717, 1.165) is 18.2 Å². The second kappa shape index (κ2) is 4.28. The molecule has 7 heteroatoms. The maximum Gasteiger partial charge on any atom is 0.316 e. The molecule has 2 N–H and O–H groups in total. The van der Waals surface area contributed by atoms with Crippen LogP contribution in [0.3, 0.4) is 0 Å². The molecule has 0 spiro atoms. The summed E-state index contributed by atoms with van der Waals surface area (Å²) < 4.78 is 26.0. The standard InChI is InChI=1S/C10H7F2N3O2/c11-6-1-2-7(12)5(3-6)4-13-10-14-8(16)9(17)15-10/h1-3H,4H2,(H2,13,14,15,16,17). The van der Waals surface area contributed by atoms with Crippen LogP contribution in [0.25, 0.3) is 0 Å². The maximum absolute atomic E-state index is 13.2. The van der Waals surface area contributed by atoms with Gasteiger partial charge in [0.15, 0.2) is 0 Å². The van der Waals surface area contributed by atoms with E-state index >= 15 is 0 Å². The Bertz CT molecular complexity index is 510. The first-order valence-corrected chi connectivity index (χ1v) is 4.67. The summed E-state index contributed by atoms with van der Waals surface area (Å²) in [4.78, 5) is 25.3. The minimum atomic E-state index is -0.830. The number of aliphatic imine (C=N–C) groups is 1. The second-order valence-corrected chi connectivity index (χ2v) is 3.31. The number of benzene rings is 1. The number of rotatable bonds is 2. The van der Waals surface area contributed by atoms with Crippen LogP contribution < -0.4 is 10.6 Å². The van der Waals surface area contributed by atoms with Gasteiger partial charge in [0, 0.05) is 5.56 Å². The summed E-state index contributed by atoms with van der Waals surface area (Å²) in [5.74, 6) is -2.91. The molecule has 5 nitrogen and oxygen atoms in total. The van der Waals surface area contributed by atoms with Crippen LogP contribution in [0.15, 0.2) is 23.2 Å². The Morgan fingerprint density at radius 1 is 1.12 bits per heavy atom. The average molecular weight is 239 g/mol. The SMILES string of the molecule is O=C1NC(=NCc2cc(F)ccc2F)NC1=O. The third-order valence-electron chi connectivity index (χ3n) is 2.09. The fraction of sp³-hybridized carbons (Fsp3) is 0.100. The van der Waals surface area contributed by atoms with E-state index in [1.54, 1.807) is 0 Å². The van der Waals surface area contributed by atoms with Crippen molar-refractivity contribution in [2.24, 2.45) is 4.99 Å². The first-order chi connectivity index (χ1) is 8.06. The smallest absolute Gasteiger partial charge is 0.288 e. The topological polar surface area (TPSA) is 70.6 Å². The summed E-state index contributed by atoms with van der Waals surface area (Å²) in [6.07, 6.45) is 0. The first-order valence-electron chi connectivity index (χ1n) is 4.67. The molecule has 1 aliphatic rings. The molecular formula is C10H7F2N3O2. The highest BCUT2D eigenvalue weighted by Gasteiger charge is 2.24. The molecule has 1 fully saturated rings.